The lowest BCUT2D eigenvalue weighted by molar-refractivity contribution is -0.263. The lowest BCUT2D eigenvalue weighted by atomic mass is 9.84. The van der Waals surface area contributed by atoms with Crippen molar-refractivity contribution in [1.82, 2.24) is 4.90 Å². The standard InChI is InChI=1S/C32H38N10O8/c1-19(42(17-22-10-6-4-7-11-22)32(45)46-18-23-12-8-5-9-13-23)27-15-14-24(36-39-33)31(49-27)50-29-26(38-41-35)16-25(37-40-34)28(47-20(2)43)30(29)48-21(3)44/h4-13,19,24-31H,14-18H2,1-3H3/t19-,24+,25+,26-,27-,28-,29+,30+,31+/m0/s1. The quantitative estimate of drug-likeness (QED) is 0.0745. The number of amides is 1. The maximum Gasteiger partial charge on any atom is 0.410 e. The first-order chi connectivity index (χ1) is 24.1. The SMILES string of the molecule is CC(=O)O[C@@H]1[C@@H](OC(C)=O)[C@H](N=[N+]=[N-])C[C@H](N=[N+]=[N-])[C@H]1O[C@H]1O[C@H]([C@H](C)N(Cc2ccccc2)C(=O)OCc2ccccc2)CC[C@H]1N=[N+]=[N-]. The Balaban J connectivity index is 1.64. The fourth-order valence-electron chi connectivity index (χ4n) is 6.10. The van der Waals surface area contributed by atoms with Gasteiger partial charge in [0.05, 0.1) is 30.3 Å². The van der Waals surface area contributed by atoms with Gasteiger partial charge in [0.25, 0.3) is 0 Å². The summed E-state index contributed by atoms with van der Waals surface area (Å²) < 4.78 is 29.5. The zero-order valence-corrected chi connectivity index (χ0v) is 27.7. The molecule has 2 aliphatic rings. The van der Waals surface area contributed by atoms with Gasteiger partial charge in [0, 0.05) is 35.1 Å². The third-order valence-corrected chi connectivity index (χ3v) is 8.42. The second kappa shape index (κ2) is 18.3. The molecular weight excluding hydrogens is 652 g/mol. The number of rotatable bonds is 13. The van der Waals surface area contributed by atoms with Gasteiger partial charge in [-0.25, -0.2) is 4.79 Å². The maximum atomic E-state index is 13.6. The molecule has 2 fully saturated rings. The molecule has 0 N–H and O–H groups in total. The minimum absolute atomic E-state index is 0.0499. The molecule has 0 radical (unpaired) electrons. The molecule has 1 aliphatic carbocycles. The highest BCUT2D eigenvalue weighted by Crippen LogP contribution is 2.36. The molecule has 1 saturated carbocycles. The van der Waals surface area contributed by atoms with Crippen molar-refractivity contribution in [3.8, 4) is 0 Å². The number of benzene rings is 2. The van der Waals surface area contributed by atoms with Crippen LogP contribution in [0.25, 0.3) is 31.3 Å². The van der Waals surface area contributed by atoms with E-state index in [1.54, 1.807) is 11.8 Å². The van der Waals surface area contributed by atoms with E-state index in [-0.39, 0.29) is 26.0 Å². The van der Waals surface area contributed by atoms with Crippen LogP contribution in [0.4, 0.5) is 4.79 Å². The first-order valence-corrected chi connectivity index (χ1v) is 15.9. The molecule has 2 aromatic carbocycles. The third kappa shape index (κ3) is 10.0. The van der Waals surface area contributed by atoms with Crippen molar-refractivity contribution in [2.24, 2.45) is 15.3 Å². The summed E-state index contributed by atoms with van der Waals surface area (Å²) in [6.07, 6.45) is -6.07. The Bertz CT molecular complexity index is 1620. The average molecular weight is 691 g/mol. The van der Waals surface area contributed by atoms with Crippen LogP contribution in [0.2, 0.25) is 0 Å². The van der Waals surface area contributed by atoms with E-state index in [0.717, 1.165) is 25.0 Å². The number of hydrogen-bond acceptors (Lipinski definition) is 11. The van der Waals surface area contributed by atoms with Gasteiger partial charge in [-0.05, 0) is 53.9 Å². The van der Waals surface area contributed by atoms with E-state index in [9.17, 15) is 31.0 Å². The molecule has 18 nitrogen and oxygen atoms in total. The predicted molar refractivity (Wildman–Crippen MR) is 175 cm³/mol. The molecule has 0 unspecified atom stereocenters. The van der Waals surface area contributed by atoms with Crippen LogP contribution in [0.5, 0.6) is 0 Å². The van der Waals surface area contributed by atoms with Gasteiger partial charge in [-0.15, -0.1) is 0 Å². The number of carbonyl (C=O) groups is 3. The van der Waals surface area contributed by atoms with E-state index in [4.69, 9.17) is 23.7 Å². The molecule has 264 valence electrons. The Morgan fingerprint density at radius 2 is 1.34 bits per heavy atom. The van der Waals surface area contributed by atoms with Gasteiger partial charge in [-0.3, -0.25) is 14.5 Å². The Morgan fingerprint density at radius 1 is 0.800 bits per heavy atom. The summed E-state index contributed by atoms with van der Waals surface area (Å²) in [5, 5.41) is 11.4. The zero-order chi connectivity index (χ0) is 36.0. The second-order valence-electron chi connectivity index (χ2n) is 11.8. The second-order valence-corrected chi connectivity index (χ2v) is 11.8. The van der Waals surface area contributed by atoms with E-state index in [1.165, 1.54) is 0 Å². The summed E-state index contributed by atoms with van der Waals surface area (Å²) in [6.45, 7) is 4.30. The lowest BCUT2D eigenvalue weighted by Gasteiger charge is -2.46. The Morgan fingerprint density at radius 3 is 1.92 bits per heavy atom. The number of ether oxygens (including phenoxy) is 5. The number of nitrogens with zero attached hydrogens (tertiary/aromatic N) is 10. The molecule has 2 aromatic rings. The summed E-state index contributed by atoms with van der Waals surface area (Å²) >= 11 is 0. The number of azide groups is 3. The molecule has 1 amide bonds. The normalized spacial score (nSPS) is 26.4. The highest BCUT2D eigenvalue weighted by molar-refractivity contribution is 5.68. The van der Waals surface area contributed by atoms with E-state index in [0.29, 0.717) is 6.42 Å². The van der Waals surface area contributed by atoms with E-state index in [2.05, 4.69) is 30.1 Å². The molecule has 1 saturated heterocycles. The fourth-order valence-corrected chi connectivity index (χ4v) is 6.10. The van der Waals surface area contributed by atoms with Crippen molar-refractivity contribution in [2.75, 3.05) is 0 Å². The number of hydrogen-bond donors (Lipinski definition) is 0. The first-order valence-electron chi connectivity index (χ1n) is 15.9. The topological polar surface area (TPSA) is 247 Å². The lowest BCUT2D eigenvalue weighted by Crippen LogP contribution is -2.60. The van der Waals surface area contributed by atoms with E-state index >= 15 is 0 Å². The summed E-state index contributed by atoms with van der Waals surface area (Å²) in [5.74, 6) is -1.53. The van der Waals surface area contributed by atoms with Crippen LogP contribution in [0.3, 0.4) is 0 Å². The maximum absolute atomic E-state index is 13.6. The van der Waals surface area contributed by atoms with E-state index < -0.39 is 72.9 Å². The molecule has 0 aromatic heterocycles. The van der Waals surface area contributed by atoms with Crippen LogP contribution in [0.1, 0.15) is 51.2 Å². The van der Waals surface area contributed by atoms with E-state index in [1.807, 2.05) is 60.7 Å². The van der Waals surface area contributed by atoms with Crippen molar-refractivity contribution in [3.63, 3.8) is 0 Å². The summed E-state index contributed by atoms with van der Waals surface area (Å²) in [5.41, 5.74) is 29.6. The highest BCUT2D eigenvalue weighted by Gasteiger charge is 2.51. The van der Waals surface area contributed by atoms with Gasteiger partial charge in [0.1, 0.15) is 18.8 Å². The molecule has 1 aliphatic heterocycles. The zero-order valence-electron chi connectivity index (χ0n) is 27.7. The summed E-state index contributed by atoms with van der Waals surface area (Å²) in [4.78, 5) is 48.2. The Hall–Kier alpha value is -5.50. The summed E-state index contributed by atoms with van der Waals surface area (Å²) in [7, 11) is 0. The molecule has 0 spiro atoms. The molecule has 4 rings (SSSR count). The Kier molecular flexibility index (Phi) is 13.7. The molecule has 0 bridgehead atoms. The molecule has 50 heavy (non-hydrogen) atoms. The van der Waals surface area contributed by atoms with Crippen LogP contribution in [0.15, 0.2) is 76.0 Å². The Labute approximate surface area is 287 Å². The van der Waals surface area contributed by atoms with Crippen molar-refractivity contribution in [2.45, 2.75) is 108 Å². The first kappa shape index (κ1) is 37.3. The smallest absolute Gasteiger partial charge is 0.410 e. The minimum Gasteiger partial charge on any atom is -0.458 e. The number of carbonyl (C=O) groups excluding carboxylic acids is 3. The highest BCUT2D eigenvalue weighted by atomic mass is 16.7. The molecule has 18 heteroatoms. The molecule has 9 atom stereocenters. The molecule has 1 heterocycles. The van der Waals surface area contributed by atoms with Crippen molar-refractivity contribution < 1.29 is 38.1 Å². The van der Waals surface area contributed by atoms with Crippen molar-refractivity contribution >= 4 is 18.0 Å². The van der Waals surface area contributed by atoms with Gasteiger partial charge in [0.2, 0.25) is 0 Å². The van der Waals surface area contributed by atoms with Gasteiger partial charge >= 0.3 is 18.0 Å². The van der Waals surface area contributed by atoms with Gasteiger partial charge in [-0.2, -0.15) is 0 Å². The van der Waals surface area contributed by atoms with Crippen LogP contribution >= 0.6 is 0 Å². The minimum atomic E-state index is -1.41. The van der Waals surface area contributed by atoms with Crippen LogP contribution < -0.4 is 0 Å². The fraction of sp³-hybridized carbons (Fsp3) is 0.531. The van der Waals surface area contributed by atoms with Gasteiger partial charge < -0.3 is 23.7 Å². The van der Waals surface area contributed by atoms with Crippen LogP contribution in [-0.4, -0.2) is 77.8 Å². The number of esters is 2. The van der Waals surface area contributed by atoms with Gasteiger partial charge in [-0.1, -0.05) is 76.0 Å². The largest absolute Gasteiger partial charge is 0.458 e. The van der Waals surface area contributed by atoms with Crippen molar-refractivity contribution in [3.05, 3.63) is 103 Å². The molecular formula is C32H38N10O8. The van der Waals surface area contributed by atoms with Gasteiger partial charge in [0.15, 0.2) is 12.4 Å². The monoisotopic (exact) mass is 690 g/mol. The summed E-state index contributed by atoms with van der Waals surface area (Å²) in [6, 6.07) is 14.9. The third-order valence-electron chi connectivity index (χ3n) is 8.42. The van der Waals surface area contributed by atoms with Crippen LogP contribution in [-0.2, 0) is 46.4 Å². The van der Waals surface area contributed by atoms with Crippen molar-refractivity contribution in [1.29, 1.82) is 0 Å². The predicted octanol–water partition coefficient (Wildman–Crippen LogP) is 6.41. The van der Waals surface area contributed by atoms with Crippen LogP contribution in [0, 0.1) is 0 Å². The average Bonchev–Trinajstić information content (AvgIpc) is 3.10.